The van der Waals surface area contributed by atoms with E-state index >= 15 is 0 Å². The first-order valence-corrected chi connectivity index (χ1v) is 6.33. The maximum atomic E-state index is 3.67. The average Bonchev–Trinajstić information content (AvgIpc) is 2.58. The van der Waals surface area contributed by atoms with E-state index in [1.165, 1.54) is 22.1 Å². The van der Waals surface area contributed by atoms with Crippen molar-refractivity contribution in [3.05, 3.63) is 28.2 Å². The Morgan fingerprint density at radius 2 is 2.19 bits per heavy atom. The number of hydrogen-bond acceptors (Lipinski definition) is 2. The number of benzene rings is 1. The highest BCUT2D eigenvalue weighted by Crippen LogP contribution is 2.40. The summed E-state index contributed by atoms with van der Waals surface area (Å²) in [7, 11) is 0. The number of nitrogens with one attached hydrogen (secondary N) is 1. The molecule has 0 aliphatic carbocycles. The van der Waals surface area contributed by atoms with Gasteiger partial charge in [-0.25, -0.2) is 0 Å². The number of anilines is 1. The Hall–Kier alpha value is -0.250. The summed E-state index contributed by atoms with van der Waals surface area (Å²) in [6.45, 7) is 4.51. The van der Waals surface area contributed by atoms with Crippen LogP contribution in [0.25, 0.3) is 0 Å². The van der Waals surface area contributed by atoms with Crippen LogP contribution in [0.3, 0.4) is 0 Å². The fourth-order valence-corrected chi connectivity index (χ4v) is 3.47. The summed E-state index contributed by atoms with van der Waals surface area (Å²) in [6, 6.07) is 7.80. The minimum absolute atomic E-state index is 0. The van der Waals surface area contributed by atoms with Crippen LogP contribution in [0.15, 0.2) is 22.7 Å². The fourth-order valence-electron chi connectivity index (χ4n) is 2.86. The molecular weight excluding hydrogens is 288 g/mol. The van der Waals surface area contributed by atoms with Gasteiger partial charge in [0.1, 0.15) is 0 Å². The highest BCUT2D eigenvalue weighted by Gasteiger charge is 2.35. The van der Waals surface area contributed by atoms with Crippen molar-refractivity contribution in [3.63, 3.8) is 0 Å². The normalized spacial score (nSPS) is 27.0. The van der Waals surface area contributed by atoms with Gasteiger partial charge in [0.15, 0.2) is 0 Å². The number of hydrogen-bond donors (Lipinski definition) is 1. The summed E-state index contributed by atoms with van der Waals surface area (Å²) in [4.78, 5) is 2.58. The first-order valence-electron chi connectivity index (χ1n) is 5.54. The van der Waals surface area contributed by atoms with Gasteiger partial charge in [-0.1, -0.05) is 12.1 Å². The third kappa shape index (κ3) is 1.75. The van der Waals surface area contributed by atoms with Gasteiger partial charge in [0, 0.05) is 29.6 Å². The van der Waals surface area contributed by atoms with Gasteiger partial charge in [-0.3, -0.25) is 0 Å². The summed E-state index contributed by atoms with van der Waals surface area (Å²) in [5, 5.41) is 3.50. The van der Waals surface area contributed by atoms with Gasteiger partial charge in [0.05, 0.1) is 5.69 Å². The maximum Gasteiger partial charge on any atom is 0.0549 e. The maximum absolute atomic E-state index is 3.67. The van der Waals surface area contributed by atoms with Crippen LogP contribution >= 0.6 is 28.3 Å². The van der Waals surface area contributed by atoms with E-state index in [0.29, 0.717) is 12.1 Å². The monoisotopic (exact) mass is 302 g/mol. The molecular formula is C12H16BrClN2. The molecule has 1 N–H and O–H groups in total. The Bertz CT molecular complexity index is 397. The predicted molar refractivity (Wildman–Crippen MR) is 73.7 cm³/mol. The zero-order chi connectivity index (χ0) is 10.4. The lowest BCUT2D eigenvalue weighted by Crippen LogP contribution is -2.54. The van der Waals surface area contributed by atoms with E-state index in [4.69, 9.17) is 0 Å². The number of halogens is 2. The van der Waals surface area contributed by atoms with Crippen molar-refractivity contribution in [1.82, 2.24) is 5.32 Å². The molecule has 0 radical (unpaired) electrons. The third-order valence-corrected chi connectivity index (χ3v) is 4.11. The Labute approximate surface area is 111 Å². The van der Waals surface area contributed by atoms with Crippen molar-refractivity contribution < 1.29 is 0 Å². The lowest BCUT2D eigenvalue weighted by Gasteiger charge is -2.38. The summed E-state index contributed by atoms with van der Waals surface area (Å²) >= 11 is 3.67. The molecule has 0 bridgehead atoms. The molecule has 88 valence electrons. The molecule has 2 atom stereocenters. The first kappa shape index (κ1) is 12.2. The molecule has 0 amide bonds. The number of para-hydroxylation sites is 1. The number of rotatable bonds is 0. The van der Waals surface area contributed by atoms with E-state index in [0.717, 1.165) is 13.1 Å². The Morgan fingerprint density at radius 3 is 3.00 bits per heavy atom. The van der Waals surface area contributed by atoms with Crippen molar-refractivity contribution >= 4 is 34.0 Å². The molecule has 2 nitrogen and oxygen atoms in total. The van der Waals surface area contributed by atoms with Crippen molar-refractivity contribution in [2.75, 3.05) is 18.0 Å². The van der Waals surface area contributed by atoms with Gasteiger partial charge in [0.2, 0.25) is 0 Å². The lowest BCUT2D eigenvalue weighted by atomic mass is 10.1. The zero-order valence-electron chi connectivity index (χ0n) is 9.24. The Kier molecular flexibility index (Phi) is 3.48. The summed E-state index contributed by atoms with van der Waals surface area (Å²) in [5.41, 5.74) is 2.92. The largest absolute Gasteiger partial charge is 0.362 e. The van der Waals surface area contributed by atoms with E-state index < -0.39 is 0 Å². The summed E-state index contributed by atoms with van der Waals surface area (Å²) in [6.07, 6.45) is 1.19. The Morgan fingerprint density at radius 1 is 1.38 bits per heavy atom. The average molecular weight is 304 g/mol. The van der Waals surface area contributed by atoms with Crippen LogP contribution in [0, 0.1) is 0 Å². The van der Waals surface area contributed by atoms with Crippen LogP contribution in [-0.4, -0.2) is 25.2 Å². The standard InChI is InChI=1S/C12H15BrN2.ClH/c1-8-6-14-7-10-5-9-3-2-4-11(13)12(9)15(8)10;/h2-4,8,10,14H,5-7H2,1H3;1H/t8?,10-;/m0./s1. The van der Waals surface area contributed by atoms with Gasteiger partial charge >= 0.3 is 0 Å². The molecule has 0 aromatic heterocycles. The number of piperazine rings is 1. The van der Waals surface area contributed by atoms with Crippen molar-refractivity contribution in [2.45, 2.75) is 25.4 Å². The second-order valence-corrected chi connectivity index (χ2v) is 5.37. The molecule has 16 heavy (non-hydrogen) atoms. The van der Waals surface area contributed by atoms with Crippen molar-refractivity contribution in [1.29, 1.82) is 0 Å². The summed E-state index contributed by atoms with van der Waals surface area (Å²) < 4.78 is 1.25. The molecule has 1 unspecified atom stereocenters. The SMILES string of the molecule is CC1CNC[C@@H]2Cc3cccc(Br)c3N12.Cl. The fraction of sp³-hybridized carbons (Fsp3) is 0.500. The Balaban J connectivity index is 0.000000963. The van der Waals surface area contributed by atoms with Gasteiger partial charge in [-0.05, 0) is 40.9 Å². The second-order valence-electron chi connectivity index (χ2n) is 4.52. The zero-order valence-corrected chi connectivity index (χ0v) is 11.6. The quantitative estimate of drug-likeness (QED) is 0.792. The molecule has 3 rings (SSSR count). The molecule has 1 saturated heterocycles. The van der Waals surface area contributed by atoms with Crippen LogP contribution in [-0.2, 0) is 6.42 Å². The highest BCUT2D eigenvalue weighted by molar-refractivity contribution is 9.10. The molecule has 1 aromatic carbocycles. The van der Waals surface area contributed by atoms with E-state index in [2.05, 4.69) is 51.3 Å². The highest BCUT2D eigenvalue weighted by atomic mass is 79.9. The van der Waals surface area contributed by atoms with Gasteiger partial charge in [0.25, 0.3) is 0 Å². The molecule has 1 fully saturated rings. The topological polar surface area (TPSA) is 15.3 Å². The van der Waals surface area contributed by atoms with Crippen molar-refractivity contribution in [3.8, 4) is 0 Å². The van der Waals surface area contributed by atoms with E-state index in [9.17, 15) is 0 Å². The number of nitrogens with zero attached hydrogens (tertiary/aromatic N) is 1. The predicted octanol–water partition coefficient (Wildman–Crippen LogP) is 2.59. The lowest BCUT2D eigenvalue weighted by molar-refractivity contribution is 0.429. The second kappa shape index (κ2) is 4.55. The molecule has 2 aliphatic heterocycles. The van der Waals surface area contributed by atoms with Crippen LogP contribution in [0.1, 0.15) is 12.5 Å². The number of fused-ring (bicyclic) bond motifs is 3. The molecule has 1 aromatic rings. The van der Waals surface area contributed by atoms with Crippen LogP contribution in [0.2, 0.25) is 0 Å². The minimum Gasteiger partial charge on any atom is -0.362 e. The van der Waals surface area contributed by atoms with Gasteiger partial charge in [-0.2, -0.15) is 0 Å². The minimum atomic E-state index is 0. The van der Waals surface area contributed by atoms with E-state index in [1.807, 2.05) is 0 Å². The summed E-state index contributed by atoms with van der Waals surface area (Å²) in [5.74, 6) is 0. The van der Waals surface area contributed by atoms with Crippen LogP contribution in [0.5, 0.6) is 0 Å². The van der Waals surface area contributed by atoms with E-state index in [1.54, 1.807) is 0 Å². The smallest absolute Gasteiger partial charge is 0.0549 e. The first-order chi connectivity index (χ1) is 7.27. The molecule has 2 aliphatic rings. The molecule has 4 heteroatoms. The van der Waals surface area contributed by atoms with Gasteiger partial charge < -0.3 is 10.2 Å². The van der Waals surface area contributed by atoms with Gasteiger partial charge in [-0.15, -0.1) is 12.4 Å². The molecule has 2 heterocycles. The van der Waals surface area contributed by atoms with Crippen LogP contribution in [0.4, 0.5) is 5.69 Å². The molecule has 0 saturated carbocycles. The van der Waals surface area contributed by atoms with Crippen molar-refractivity contribution in [2.24, 2.45) is 0 Å². The third-order valence-electron chi connectivity index (χ3n) is 3.47. The van der Waals surface area contributed by atoms with E-state index in [-0.39, 0.29) is 12.4 Å². The molecule has 0 spiro atoms. The van der Waals surface area contributed by atoms with Crippen LogP contribution < -0.4 is 10.2 Å².